The number of hydrogen-bond acceptors (Lipinski definition) is 3. The number of nitrogens with one attached hydrogen (secondary N) is 1. The molecule has 4 nitrogen and oxygen atoms in total. The number of carbonyl (C=O) groups is 1. The smallest absolute Gasteiger partial charge is 0.224 e. The van der Waals surface area contributed by atoms with Gasteiger partial charge >= 0.3 is 0 Å². The first kappa shape index (κ1) is 13.0. The van der Waals surface area contributed by atoms with E-state index in [0.29, 0.717) is 18.2 Å². The Bertz CT molecular complexity index is 322. The average Bonchev–Trinajstić information content (AvgIpc) is 2.55. The molecule has 1 amide bonds. The molecule has 17 heavy (non-hydrogen) atoms. The first-order valence-electron chi connectivity index (χ1n) is 6.43. The largest absolute Gasteiger partial charge is 0.338 e. The monoisotopic (exact) mass is 258 g/mol. The molecule has 0 spiro atoms. The summed E-state index contributed by atoms with van der Waals surface area (Å²) in [5.74, 6) is 0.953. The second-order valence-corrected chi connectivity index (χ2v) is 6.75. The van der Waals surface area contributed by atoms with Crippen molar-refractivity contribution in [1.29, 1.82) is 0 Å². The molecule has 5 heteroatoms. The van der Waals surface area contributed by atoms with E-state index < -0.39 is 10.8 Å². The van der Waals surface area contributed by atoms with Crippen LogP contribution >= 0.6 is 0 Å². The molecule has 2 rings (SSSR count). The number of carbonyl (C=O) groups excluding carboxylic acids is 1. The van der Waals surface area contributed by atoms with Gasteiger partial charge in [0.05, 0.1) is 0 Å². The fourth-order valence-electron chi connectivity index (χ4n) is 3.06. The van der Waals surface area contributed by atoms with Crippen molar-refractivity contribution in [2.24, 2.45) is 0 Å². The summed E-state index contributed by atoms with van der Waals surface area (Å²) in [7, 11) is -0.775. The zero-order chi connectivity index (χ0) is 12.4. The van der Waals surface area contributed by atoms with Gasteiger partial charge in [0.15, 0.2) is 0 Å². The first-order valence-corrected chi connectivity index (χ1v) is 8.16. The Balaban J connectivity index is 1.92. The van der Waals surface area contributed by atoms with Crippen LogP contribution in [0.2, 0.25) is 0 Å². The molecule has 0 aliphatic carbocycles. The molecular weight excluding hydrogens is 236 g/mol. The van der Waals surface area contributed by atoms with Crippen molar-refractivity contribution in [2.75, 3.05) is 18.6 Å². The van der Waals surface area contributed by atoms with E-state index in [1.807, 2.05) is 4.90 Å². The lowest BCUT2D eigenvalue weighted by molar-refractivity contribution is -0.129. The minimum absolute atomic E-state index is 0.223. The molecule has 2 aliphatic heterocycles. The molecule has 2 fully saturated rings. The molecule has 1 N–H and O–H groups in total. The van der Waals surface area contributed by atoms with Crippen molar-refractivity contribution < 1.29 is 9.00 Å². The van der Waals surface area contributed by atoms with Gasteiger partial charge < -0.3 is 10.2 Å². The number of amides is 1. The van der Waals surface area contributed by atoms with Gasteiger partial charge in [-0.15, -0.1) is 0 Å². The highest BCUT2D eigenvalue weighted by atomic mass is 32.2. The molecule has 2 aliphatic rings. The van der Waals surface area contributed by atoms with E-state index >= 15 is 0 Å². The molecule has 0 bridgehead atoms. The van der Waals surface area contributed by atoms with Gasteiger partial charge in [0.1, 0.15) is 0 Å². The van der Waals surface area contributed by atoms with Crippen LogP contribution in [0.4, 0.5) is 0 Å². The quantitative estimate of drug-likeness (QED) is 0.799. The number of rotatable bonds is 4. The maximum atomic E-state index is 11.8. The lowest BCUT2D eigenvalue weighted by Crippen LogP contribution is -2.48. The third-order valence-electron chi connectivity index (χ3n) is 3.71. The maximum absolute atomic E-state index is 11.8. The normalized spacial score (nSPS) is 32.4. The zero-order valence-corrected chi connectivity index (χ0v) is 11.5. The number of fused-ring (bicyclic) bond motifs is 1. The molecule has 0 aromatic carbocycles. The molecular formula is C12H22N2O2S. The van der Waals surface area contributed by atoms with Crippen LogP contribution in [0.25, 0.3) is 0 Å². The number of piperidine rings is 1. The highest BCUT2D eigenvalue weighted by Gasteiger charge is 2.40. The van der Waals surface area contributed by atoms with E-state index in [2.05, 4.69) is 12.2 Å². The van der Waals surface area contributed by atoms with E-state index in [1.54, 1.807) is 6.26 Å². The Labute approximate surface area is 106 Å². The van der Waals surface area contributed by atoms with E-state index in [-0.39, 0.29) is 18.0 Å². The summed E-state index contributed by atoms with van der Waals surface area (Å²) >= 11 is 0. The Morgan fingerprint density at radius 1 is 1.53 bits per heavy atom. The fraction of sp³-hybridized carbons (Fsp3) is 0.917. The van der Waals surface area contributed by atoms with Crippen molar-refractivity contribution in [3.05, 3.63) is 0 Å². The van der Waals surface area contributed by atoms with Gasteiger partial charge in [-0.2, -0.15) is 0 Å². The molecule has 2 heterocycles. The lowest BCUT2D eigenvalue weighted by Gasteiger charge is -2.33. The van der Waals surface area contributed by atoms with Gasteiger partial charge in [0, 0.05) is 53.9 Å². The Morgan fingerprint density at radius 3 is 3.00 bits per heavy atom. The topological polar surface area (TPSA) is 49.4 Å². The molecule has 98 valence electrons. The molecule has 0 saturated carbocycles. The fourth-order valence-corrected chi connectivity index (χ4v) is 3.86. The van der Waals surface area contributed by atoms with Crippen molar-refractivity contribution in [2.45, 2.75) is 50.7 Å². The Morgan fingerprint density at radius 2 is 2.29 bits per heavy atom. The van der Waals surface area contributed by atoms with Gasteiger partial charge in [-0.3, -0.25) is 9.00 Å². The molecule has 4 atom stereocenters. The SMILES string of the molecule is CC(CS(C)=O)NC1CC(=O)N2CCCCC12. The van der Waals surface area contributed by atoms with Crippen molar-refractivity contribution in [3.8, 4) is 0 Å². The second-order valence-electron chi connectivity index (χ2n) is 5.27. The van der Waals surface area contributed by atoms with Crippen LogP contribution in [0, 0.1) is 0 Å². The van der Waals surface area contributed by atoms with E-state index in [4.69, 9.17) is 0 Å². The Kier molecular flexibility index (Phi) is 4.20. The van der Waals surface area contributed by atoms with Crippen LogP contribution in [0.3, 0.4) is 0 Å². The lowest BCUT2D eigenvalue weighted by atomic mass is 9.98. The summed E-state index contributed by atoms with van der Waals surface area (Å²) in [5.41, 5.74) is 0. The number of hydrogen-bond donors (Lipinski definition) is 1. The summed E-state index contributed by atoms with van der Waals surface area (Å²) in [4.78, 5) is 13.9. The number of nitrogens with zero attached hydrogens (tertiary/aromatic N) is 1. The molecule has 0 aromatic heterocycles. The van der Waals surface area contributed by atoms with Crippen LogP contribution in [0.5, 0.6) is 0 Å². The van der Waals surface area contributed by atoms with Gasteiger partial charge in [-0.05, 0) is 26.2 Å². The van der Waals surface area contributed by atoms with Gasteiger partial charge in [0.2, 0.25) is 5.91 Å². The molecule has 0 aromatic rings. The average molecular weight is 258 g/mol. The third kappa shape index (κ3) is 3.07. The standard InChI is InChI=1S/C12H22N2O2S/c1-9(8-17(2)16)13-10-7-12(15)14-6-4-3-5-11(10)14/h9-11,13H,3-8H2,1-2H3. The summed E-state index contributed by atoms with van der Waals surface area (Å²) in [6.07, 6.45) is 5.83. The predicted octanol–water partition coefficient (Wildman–Crippen LogP) is 0.496. The first-order chi connectivity index (χ1) is 8.08. The van der Waals surface area contributed by atoms with E-state index in [9.17, 15) is 9.00 Å². The summed E-state index contributed by atoms with van der Waals surface area (Å²) in [6, 6.07) is 0.867. The van der Waals surface area contributed by atoms with Crippen LogP contribution in [0.1, 0.15) is 32.6 Å². The van der Waals surface area contributed by atoms with Crippen molar-refractivity contribution >= 4 is 16.7 Å². The van der Waals surface area contributed by atoms with Crippen LogP contribution < -0.4 is 5.32 Å². The van der Waals surface area contributed by atoms with Crippen LogP contribution in [0.15, 0.2) is 0 Å². The highest BCUT2D eigenvalue weighted by Crippen LogP contribution is 2.28. The van der Waals surface area contributed by atoms with Crippen LogP contribution in [-0.2, 0) is 15.6 Å². The molecule has 0 radical (unpaired) electrons. The van der Waals surface area contributed by atoms with Crippen molar-refractivity contribution in [1.82, 2.24) is 10.2 Å². The second kappa shape index (κ2) is 5.48. The van der Waals surface area contributed by atoms with E-state index in [0.717, 1.165) is 19.4 Å². The summed E-state index contributed by atoms with van der Waals surface area (Å²) in [6.45, 7) is 2.98. The van der Waals surface area contributed by atoms with Gasteiger partial charge in [0.25, 0.3) is 0 Å². The molecule has 2 saturated heterocycles. The Hall–Kier alpha value is -0.420. The summed E-state index contributed by atoms with van der Waals surface area (Å²) in [5, 5.41) is 3.48. The minimum Gasteiger partial charge on any atom is -0.338 e. The van der Waals surface area contributed by atoms with Crippen LogP contribution in [-0.4, -0.2) is 51.7 Å². The minimum atomic E-state index is -0.775. The van der Waals surface area contributed by atoms with Gasteiger partial charge in [-0.25, -0.2) is 0 Å². The molecule has 4 unspecified atom stereocenters. The predicted molar refractivity (Wildman–Crippen MR) is 69.3 cm³/mol. The van der Waals surface area contributed by atoms with Gasteiger partial charge in [-0.1, -0.05) is 0 Å². The zero-order valence-electron chi connectivity index (χ0n) is 10.6. The van der Waals surface area contributed by atoms with E-state index in [1.165, 1.54) is 6.42 Å². The highest BCUT2D eigenvalue weighted by molar-refractivity contribution is 7.84. The third-order valence-corrected chi connectivity index (χ3v) is 4.68. The van der Waals surface area contributed by atoms with Crippen molar-refractivity contribution in [3.63, 3.8) is 0 Å². The summed E-state index contributed by atoms with van der Waals surface area (Å²) < 4.78 is 11.2. The maximum Gasteiger partial charge on any atom is 0.224 e.